The first kappa shape index (κ1) is 14.6. The molecule has 0 saturated carbocycles. The van der Waals surface area contributed by atoms with Crippen LogP contribution in [-0.4, -0.2) is 41.6 Å². The Balaban J connectivity index is 4.70. The van der Waals surface area contributed by atoms with Gasteiger partial charge >= 0.3 is 11.9 Å². The van der Waals surface area contributed by atoms with E-state index in [-0.39, 0.29) is 6.42 Å². The zero-order chi connectivity index (χ0) is 12.7. The maximum atomic E-state index is 10.8. The van der Waals surface area contributed by atoms with Crippen LogP contribution in [0.4, 0.5) is 0 Å². The van der Waals surface area contributed by atoms with Crippen LogP contribution in [0.5, 0.6) is 0 Å². The minimum absolute atomic E-state index is 0.136. The number of carbonyl (C=O) groups excluding carboxylic acids is 3. The fourth-order valence-electron chi connectivity index (χ4n) is 1.23. The highest BCUT2D eigenvalue weighted by Crippen LogP contribution is 2.12. The van der Waals surface area contributed by atoms with Gasteiger partial charge in [-0.2, -0.15) is 0 Å². The number of aliphatic hydroxyl groups excluding tert-OH is 1. The Kier molecular flexibility index (Phi) is 6.32. The van der Waals surface area contributed by atoms with Gasteiger partial charge in [0.2, 0.25) is 0 Å². The summed E-state index contributed by atoms with van der Waals surface area (Å²) < 4.78 is 9.61. The number of hydrogen-bond acceptors (Lipinski definition) is 6. The Morgan fingerprint density at radius 3 is 2.06 bits per heavy atom. The molecular weight excluding hydrogens is 216 g/mol. The smallest absolute Gasteiger partial charge is 0.303 e. The Bertz CT molecular complexity index is 260. The topological polar surface area (TPSA) is 89.9 Å². The molecule has 1 N–H and O–H groups in total. The van der Waals surface area contributed by atoms with E-state index in [1.54, 1.807) is 0 Å². The molecule has 0 spiro atoms. The molecule has 0 aliphatic heterocycles. The summed E-state index contributed by atoms with van der Waals surface area (Å²) in [5.41, 5.74) is 0. The first-order valence-electron chi connectivity index (χ1n) is 4.84. The predicted molar refractivity (Wildman–Crippen MR) is 53.5 cm³/mol. The summed E-state index contributed by atoms with van der Waals surface area (Å²) in [6.45, 7) is 3.72. The number of hydrogen-bond donors (Lipinski definition) is 1. The standard InChI is InChI=1S/C10H16O6/c1-6(12)10(16-8(3)14)9(4-5-11)15-7(2)13/h5-6,9-10,12H,4H2,1-3H3/t6-,9-,10-/m0/s1. The van der Waals surface area contributed by atoms with Crippen LogP contribution >= 0.6 is 0 Å². The van der Waals surface area contributed by atoms with E-state index in [0.717, 1.165) is 0 Å². The number of esters is 2. The lowest BCUT2D eigenvalue weighted by atomic mass is 10.1. The molecule has 6 heteroatoms. The number of aldehydes is 1. The number of rotatable bonds is 6. The van der Waals surface area contributed by atoms with Gasteiger partial charge in [0.1, 0.15) is 12.4 Å². The van der Waals surface area contributed by atoms with Gasteiger partial charge in [0.25, 0.3) is 0 Å². The lowest BCUT2D eigenvalue weighted by Gasteiger charge is -2.26. The quantitative estimate of drug-likeness (QED) is 0.504. The minimum Gasteiger partial charge on any atom is -0.458 e. The first-order chi connectivity index (χ1) is 7.38. The minimum atomic E-state index is -1.04. The highest BCUT2D eigenvalue weighted by molar-refractivity contribution is 5.68. The molecule has 0 aromatic carbocycles. The van der Waals surface area contributed by atoms with Gasteiger partial charge in [-0.3, -0.25) is 9.59 Å². The van der Waals surface area contributed by atoms with Crippen molar-refractivity contribution in [2.24, 2.45) is 0 Å². The van der Waals surface area contributed by atoms with Crippen LogP contribution < -0.4 is 0 Å². The third-order valence-electron chi connectivity index (χ3n) is 1.79. The maximum absolute atomic E-state index is 10.8. The molecule has 6 nitrogen and oxygen atoms in total. The average molecular weight is 232 g/mol. The van der Waals surface area contributed by atoms with E-state index in [1.807, 2.05) is 0 Å². The molecule has 92 valence electrons. The maximum Gasteiger partial charge on any atom is 0.303 e. The molecule has 0 rings (SSSR count). The first-order valence-corrected chi connectivity index (χ1v) is 4.84. The van der Waals surface area contributed by atoms with Gasteiger partial charge in [0, 0.05) is 20.3 Å². The number of ether oxygens (including phenoxy) is 2. The van der Waals surface area contributed by atoms with Crippen molar-refractivity contribution in [3.05, 3.63) is 0 Å². The van der Waals surface area contributed by atoms with Crippen LogP contribution in [0.25, 0.3) is 0 Å². The molecule has 0 fully saturated rings. The SMILES string of the molecule is CC(=O)O[C@@H]([C@H](C)O)[C@H](CC=O)OC(C)=O. The average Bonchev–Trinajstić information content (AvgIpc) is 2.12. The van der Waals surface area contributed by atoms with Crippen LogP contribution in [0.3, 0.4) is 0 Å². The van der Waals surface area contributed by atoms with Crippen LogP contribution in [0, 0.1) is 0 Å². The Hall–Kier alpha value is -1.43. The van der Waals surface area contributed by atoms with Crippen molar-refractivity contribution in [3.63, 3.8) is 0 Å². The van der Waals surface area contributed by atoms with Gasteiger partial charge < -0.3 is 19.4 Å². The molecule has 0 aliphatic rings. The lowest BCUT2D eigenvalue weighted by Crippen LogP contribution is -2.42. The fraction of sp³-hybridized carbons (Fsp3) is 0.700. The van der Waals surface area contributed by atoms with Crippen LogP contribution in [0.15, 0.2) is 0 Å². The second-order valence-electron chi connectivity index (χ2n) is 3.36. The molecule has 0 radical (unpaired) electrons. The molecule has 0 heterocycles. The Morgan fingerprint density at radius 2 is 1.75 bits per heavy atom. The molecule has 0 bridgehead atoms. The molecule has 0 saturated heterocycles. The molecule has 0 aromatic heterocycles. The van der Waals surface area contributed by atoms with E-state index in [2.05, 4.69) is 0 Å². The van der Waals surface area contributed by atoms with Crippen molar-refractivity contribution in [1.82, 2.24) is 0 Å². The summed E-state index contributed by atoms with van der Waals surface area (Å²) in [5.74, 6) is -1.22. The fourth-order valence-corrected chi connectivity index (χ4v) is 1.23. The molecule has 0 unspecified atom stereocenters. The second-order valence-corrected chi connectivity index (χ2v) is 3.36. The van der Waals surface area contributed by atoms with Crippen molar-refractivity contribution in [3.8, 4) is 0 Å². The normalized spacial score (nSPS) is 15.8. The van der Waals surface area contributed by atoms with Gasteiger partial charge in [-0.15, -0.1) is 0 Å². The van der Waals surface area contributed by atoms with Crippen molar-refractivity contribution < 1.29 is 29.0 Å². The number of aliphatic hydroxyl groups is 1. The van der Waals surface area contributed by atoms with E-state index in [0.29, 0.717) is 6.29 Å². The highest BCUT2D eigenvalue weighted by atomic mass is 16.6. The van der Waals surface area contributed by atoms with Crippen molar-refractivity contribution in [1.29, 1.82) is 0 Å². The van der Waals surface area contributed by atoms with Gasteiger partial charge in [-0.1, -0.05) is 0 Å². The largest absolute Gasteiger partial charge is 0.458 e. The number of carbonyl (C=O) groups is 3. The van der Waals surface area contributed by atoms with E-state index in [9.17, 15) is 19.5 Å². The van der Waals surface area contributed by atoms with Crippen molar-refractivity contribution in [2.45, 2.75) is 45.5 Å². The van der Waals surface area contributed by atoms with Crippen molar-refractivity contribution in [2.75, 3.05) is 0 Å². The van der Waals surface area contributed by atoms with E-state index < -0.39 is 30.3 Å². The van der Waals surface area contributed by atoms with Crippen LogP contribution in [0.1, 0.15) is 27.2 Å². The Morgan fingerprint density at radius 1 is 1.25 bits per heavy atom. The summed E-state index contributed by atoms with van der Waals surface area (Å²) in [7, 11) is 0. The highest BCUT2D eigenvalue weighted by Gasteiger charge is 2.30. The molecule has 0 amide bonds. The summed E-state index contributed by atoms with van der Waals surface area (Å²) in [4.78, 5) is 32.0. The van der Waals surface area contributed by atoms with Crippen LogP contribution in [0.2, 0.25) is 0 Å². The second kappa shape index (κ2) is 6.95. The third-order valence-corrected chi connectivity index (χ3v) is 1.79. The molecular formula is C10H16O6. The van der Waals surface area contributed by atoms with Crippen molar-refractivity contribution >= 4 is 18.2 Å². The molecule has 0 aliphatic carbocycles. The Labute approximate surface area is 93.5 Å². The summed E-state index contributed by atoms with van der Waals surface area (Å²) >= 11 is 0. The van der Waals surface area contributed by atoms with Gasteiger partial charge in [-0.25, -0.2) is 0 Å². The summed E-state index contributed by atoms with van der Waals surface area (Å²) in [6.07, 6.45) is -2.63. The van der Waals surface area contributed by atoms with Crippen LogP contribution in [-0.2, 0) is 23.9 Å². The van der Waals surface area contributed by atoms with E-state index in [4.69, 9.17) is 9.47 Å². The van der Waals surface area contributed by atoms with Gasteiger partial charge in [0.05, 0.1) is 6.10 Å². The summed E-state index contributed by atoms with van der Waals surface area (Å²) in [6, 6.07) is 0. The van der Waals surface area contributed by atoms with E-state index >= 15 is 0 Å². The van der Waals surface area contributed by atoms with E-state index in [1.165, 1.54) is 20.8 Å². The zero-order valence-corrected chi connectivity index (χ0v) is 9.50. The molecule has 0 aromatic rings. The lowest BCUT2D eigenvalue weighted by molar-refractivity contribution is -0.174. The summed E-state index contributed by atoms with van der Waals surface area (Å²) in [5, 5.41) is 9.39. The van der Waals surface area contributed by atoms with Gasteiger partial charge in [-0.05, 0) is 6.92 Å². The molecule has 16 heavy (non-hydrogen) atoms. The third kappa shape index (κ3) is 5.45. The predicted octanol–water partition coefficient (Wildman–Crippen LogP) is -0.180. The zero-order valence-electron chi connectivity index (χ0n) is 9.50. The monoisotopic (exact) mass is 232 g/mol. The van der Waals surface area contributed by atoms with Gasteiger partial charge in [0.15, 0.2) is 6.10 Å². The molecule has 3 atom stereocenters.